The van der Waals surface area contributed by atoms with Gasteiger partial charge < -0.3 is 19.0 Å². The number of carbonyl (C=O) groups excluding carboxylic acids is 2. The Hall–Kier alpha value is -3.52. The number of ether oxygens (including phenoxy) is 1. The number of carbonyl (C=O) groups is 2. The van der Waals surface area contributed by atoms with Crippen LogP contribution in [0.2, 0.25) is 0 Å². The Bertz CT molecular complexity index is 1060. The summed E-state index contributed by atoms with van der Waals surface area (Å²) < 4.78 is 11.5. The molecule has 5 heterocycles. The molecule has 0 unspecified atom stereocenters. The van der Waals surface area contributed by atoms with Gasteiger partial charge in [0.2, 0.25) is 0 Å². The van der Waals surface area contributed by atoms with E-state index in [1.807, 2.05) is 29.2 Å². The Morgan fingerprint density at radius 3 is 2.74 bits per heavy atom. The molecule has 0 bridgehead atoms. The van der Waals surface area contributed by atoms with Crippen molar-refractivity contribution in [2.24, 2.45) is 0 Å². The third-order valence-electron chi connectivity index (χ3n) is 5.99. The van der Waals surface area contributed by atoms with Crippen molar-refractivity contribution < 1.29 is 18.7 Å². The van der Waals surface area contributed by atoms with Crippen molar-refractivity contribution in [2.75, 3.05) is 26.2 Å². The maximum atomic E-state index is 13.8. The van der Waals surface area contributed by atoms with Gasteiger partial charge in [-0.2, -0.15) is 0 Å². The molecule has 0 saturated carbocycles. The molecular formula is C23H22N4O4. The number of amides is 2. The second kappa shape index (κ2) is 7.96. The molecule has 3 aromatic heterocycles. The SMILES string of the molecule is O=C(c1ccco1)N1C[C@H](c2cccnc2)[C@@]2(C1)OCCN(Cc1ccncc1)C2=O. The van der Waals surface area contributed by atoms with E-state index in [4.69, 9.17) is 9.15 Å². The molecule has 2 saturated heterocycles. The summed E-state index contributed by atoms with van der Waals surface area (Å²) in [6.07, 6.45) is 8.33. The molecule has 2 aliphatic rings. The Morgan fingerprint density at radius 1 is 1.13 bits per heavy atom. The molecule has 2 atom stereocenters. The topological polar surface area (TPSA) is 88.8 Å². The molecule has 0 aliphatic carbocycles. The van der Waals surface area contributed by atoms with Gasteiger partial charge in [0.1, 0.15) is 0 Å². The smallest absolute Gasteiger partial charge is 0.289 e. The summed E-state index contributed by atoms with van der Waals surface area (Å²) in [6.45, 7) is 1.88. The van der Waals surface area contributed by atoms with Gasteiger partial charge in [-0.1, -0.05) is 6.07 Å². The van der Waals surface area contributed by atoms with Crippen molar-refractivity contribution in [1.82, 2.24) is 19.8 Å². The van der Waals surface area contributed by atoms with Crippen LogP contribution >= 0.6 is 0 Å². The summed E-state index contributed by atoms with van der Waals surface area (Å²) in [5, 5.41) is 0. The molecule has 5 rings (SSSR count). The van der Waals surface area contributed by atoms with Gasteiger partial charge in [0.05, 0.1) is 19.4 Å². The van der Waals surface area contributed by atoms with E-state index in [1.54, 1.807) is 41.8 Å². The summed E-state index contributed by atoms with van der Waals surface area (Å²) >= 11 is 0. The van der Waals surface area contributed by atoms with Crippen LogP contribution in [0, 0.1) is 0 Å². The lowest BCUT2D eigenvalue weighted by Crippen LogP contribution is -2.60. The normalized spacial score (nSPS) is 23.5. The summed E-state index contributed by atoms with van der Waals surface area (Å²) in [5.41, 5.74) is 0.715. The molecule has 8 nitrogen and oxygen atoms in total. The lowest BCUT2D eigenvalue weighted by atomic mass is 9.83. The van der Waals surface area contributed by atoms with Crippen LogP contribution in [-0.2, 0) is 16.1 Å². The Labute approximate surface area is 179 Å². The zero-order valence-corrected chi connectivity index (χ0v) is 16.9. The molecule has 0 aromatic carbocycles. The molecule has 0 N–H and O–H groups in total. The summed E-state index contributed by atoms with van der Waals surface area (Å²) in [6, 6.07) is 10.9. The van der Waals surface area contributed by atoms with Crippen molar-refractivity contribution in [2.45, 2.75) is 18.1 Å². The van der Waals surface area contributed by atoms with Crippen molar-refractivity contribution in [1.29, 1.82) is 0 Å². The molecule has 2 amide bonds. The number of rotatable bonds is 4. The largest absolute Gasteiger partial charge is 0.459 e. The zero-order chi connectivity index (χ0) is 21.3. The second-order valence-electron chi connectivity index (χ2n) is 7.82. The lowest BCUT2D eigenvalue weighted by Gasteiger charge is -2.42. The van der Waals surface area contributed by atoms with Crippen molar-refractivity contribution in [3.63, 3.8) is 0 Å². The van der Waals surface area contributed by atoms with E-state index in [-0.39, 0.29) is 30.0 Å². The predicted molar refractivity (Wildman–Crippen MR) is 110 cm³/mol. The van der Waals surface area contributed by atoms with E-state index in [0.29, 0.717) is 26.2 Å². The highest BCUT2D eigenvalue weighted by Gasteiger charge is 2.58. The maximum absolute atomic E-state index is 13.8. The number of hydrogen-bond donors (Lipinski definition) is 0. The number of aromatic nitrogens is 2. The van der Waals surface area contributed by atoms with Crippen molar-refractivity contribution >= 4 is 11.8 Å². The third-order valence-corrected chi connectivity index (χ3v) is 5.99. The highest BCUT2D eigenvalue weighted by Crippen LogP contribution is 2.42. The molecule has 1 spiro atoms. The first kappa shape index (κ1) is 19.4. The minimum atomic E-state index is -1.16. The van der Waals surface area contributed by atoms with E-state index in [1.165, 1.54) is 6.26 Å². The molecular weight excluding hydrogens is 396 g/mol. The third kappa shape index (κ3) is 3.48. The Morgan fingerprint density at radius 2 is 2.00 bits per heavy atom. The van der Waals surface area contributed by atoms with Crippen LogP contribution in [0.4, 0.5) is 0 Å². The highest BCUT2D eigenvalue weighted by atomic mass is 16.5. The fourth-order valence-electron chi connectivity index (χ4n) is 4.48. The molecule has 8 heteroatoms. The average Bonchev–Trinajstić information content (AvgIpc) is 3.47. The Balaban J connectivity index is 1.48. The number of hydrogen-bond acceptors (Lipinski definition) is 6. The standard InChI is InChI=1S/C23H22N4O4/c28-21(20-4-2-11-30-20)27-15-19(18-3-1-7-25-13-18)23(16-27)22(29)26(10-12-31-23)14-17-5-8-24-9-6-17/h1-9,11,13,19H,10,12,14-16H2/t19-,23-/m1/s1. The van der Waals surface area contributed by atoms with Crippen LogP contribution in [0.25, 0.3) is 0 Å². The second-order valence-corrected chi connectivity index (χ2v) is 7.82. The van der Waals surface area contributed by atoms with Gasteiger partial charge in [-0.3, -0.25) is 19.6 Å². The van der Waals surface area contributed by atoms with Gasteiger partial charge >= 0.3 is 0 Å². The van der Waals surface area contributed by atoms with E-state index in [9.17, 15) is 9.59 Å². The first-order valence-electron chi connectivity index (χ1n) is 10.2. The van der Waals surface area contributed by atoms with Gasteiger partial charge in [-0.05, 0) is 41.5 Å². The number of morpholine rings is 1. The summed E-state index contributed by atoms with van der Waals surface area (Å²) in [4.78, 5) is 38.5. The highest BCUT2D eigenvalue weighted by molar-refractivity contribution is 5.94. The fourth-order valence-corrected chi connectivity index (χ4v) is 4.48. The minimum absolute atomic E-state index is 0.112. The monoisotopic (exact) mass is 418 g/mol. The quantitative estimate of drug-likeness (QED) is 0.645. The van der Waals surface area contributed by atoms with Crippen molar-refractivity contribution in [3.05, 3.63) is 84.3 Å². The average molecular weight is 418 g/mol. The van der Waals surface area contributed by atoms with Crippen LogP contribution in [0.3, 0.4) is 0 Å². The molecule has 31 heavy (non-hydrogen) atoms. The predicted octanol–water partition coefficient (Wildman–Crippen LogP) is 2.11. The number of nitrogens with zero attached hydrogens (tertiary/aromatic N) is 4. The number of likely N-dealkylation sites (tertiary alicyclic amines) is 1. The Kier molecular flexibility index (Phi) is 4.99. The van der Waals surface area contributed by atoms with Crippen LogP contribution in [0.5, 0.6) is 0 Å². The van der Waals surface area contributed by atoms with E-state index < -0.39 is 5.60 Å². The molecule has 0 radical (unpaired) electrons. The van der Waals surface area contributed by atoms with Crippen LogP contribution in [0.15, 0.2) is 71.9 Å². The maximum Gasteiger partial charge on any atom is 0.289 e. The lowest BCUT2D eigenvalue weighted by molar-refractivity contribution is -0.172. The van der Waals surface area contributed by atoms with Gasteiger partial charge in [0.15, 0.2) is 11.4 Å². The van der Waals surface area contributed by atoms with Gasteiger partial charge in [-0.15, -0.1) is 0 Å². The van der Waals surface area contributed by atoms with Crippen LogP contribution in [0.1, 0.15) is 27.6 Å². The number of pyridine rings is 2. The summed E-state index contributed by atoms with van der Waals surface area (Å²) in [7, 11) is 0. The van der Waals surface area contributed by atoms with Gasteiger partial charge in [-0.25, -0.2) is 0 Å². The number of furan rings is 1. The van der Waals surface area contributed by atoms with E-state index in [0.717, 1.165) is 11.1 Å². The molecule has 3 aromatic rings. The zero-order valence-electron chi connectivity index (χ0n) is 16.9. The van der Waals surface area contributed by atoms with E-state index >= 15 is 0 Å². The van der Waals surface area contributed by atoms with E-state index in [2.05, 4.69) is 9.97 Å². The molecule has 158 valence electrons. The summed E-state index contributed by atoms with van der Waals surface area (Å²) in [5.74, 6) is -0.440. The molecule has 2 fully saturated rings. The van der Waals surface area contributed by atoms with Crippen LogP contribution in [-0.4, -0.2) is 63.4 Å². The van der Waals surface area contributed by atoms with Gasteiger partial charge in [0, 0.05) is 50.3 Å². The van der Waals surface area contributed by atoms with Crippen LogP contribution < -0.4 is 0 Å². The fraction of sp³-hybridized carbons (Fsp3) is 0.304. The first-order chi connectivity index (χ1) is 15.2. The first-order valence-corrected chi connectivity index (χ1v) is 10.2. The van der Waals surface area contributed by atoms with Gasteiger partial charge in [0.25, 0.3) is 11.8 Å². The molecule has 2 aliphatic heterocycles. The van der Waals surface area contributed by atoms with Crippen molar-refractivity contribution in [3.8, 4) is 0 Å². The minimum Gasteiger partial charge on any atom is -0.459 e.